The van der Waals surface area contributed by atoms with Crippen LogP contribution in [-0.2, 0) is 17.9 Å². The van der Waals surface area contributed by atoms with E-state index in [1.165, 1.54) is 0 Å². The lowest BCUT2D eigenvalue weighted by Crippen LogP contribution is -2.19. The van der Waals surface area contributed by atoms with Crippen LogP contribution in [0.5, 0.6) is 5.75 Å². The van der Waals surface area contributed by atoms with E-state index in [4.69, 9.17) is 10.5 Å². The normalized spacial score (nSPS) is 11.6. The molecule has 0 radical (unpaired) electrons. The van der Waals surface area contributed by atoms with E-state index < -0.39 is 0 Å². The molecule has 1 atom stereocenters. The molecule has 1 amide bonds. The molecule has 4 heteroatoms. The second-order valence-electron chi connectivity index (χ2n) is 6.46. The van der Waals surface area contributed by atoms with Crippen molar-refractivity contribution in [3.05, 3.63) is 95.6 Å². The molecule has 4 nitrogen and oxygen atoms in total. The van der Waals surface area contributed by atoms with Crippen molar-refractivity contribution in [2.45, 2.75) is 26.0 Å². The predicted molar refractivity (Wildman–Crippen MR) is 109 cm³/mol. The summed E-state index contributed by atoms with van der Waals surface area (Å²) < 4.78 is 5.80. The molecule has 0 spiro atoms. The van der Waals surface area contributed by atoms with E-state index in [1.54, 1.807) is 0 Å². The maximum Gasteiger partial charge on any atom is 0.231 e. The molecule has 0 aromatic heterocycles. The van der Waals surface area contributed by atoms with Crippen LogP contribution < -0.4 is 15.8 Å². The van der Waals surface area contributed by atoms with E-state index in [2.05, 4.69) is 5.32 Å². The first-order valence-corrected chi connectivity index (χ1v) is 9.02. The Morgan fingerprint density at radius 1 is 0.963 bits per heavy atom. The topological polar surface area (TPSA) is 64.4 Å². The summed E-state index contributed by atoms with van der Waals surface area (Å²) >= 11 is 0. The van der Waals surface area contributed by atoms with Crippen LogP contribution in [0.4, 0.5) is 5.69 Å². The van der Waals surface area contributed by atoms with Crippen molar-refractivity contribution in [3.63, 3.8) is 0 Å². The zero-order chi connectivity index (χ0) is 19.1. The average Bonchev–Trinajstić information content (AvgIpc) is 2.73. The molecule has 3 N–H and O–H groups in total. The lowest BCUT2D eigenvalue weighted by molar-refractivity contribution is -0.117. The second-order valence-corrected chi connectivity index (χ2v) is 6.46. The minimum atomic E-state index is -0.269. The number of rotatable bonds is 7. The molecular weight excluding hydrogens is 336 g/mol. The van der Waals surface area contributed by atoms with Gasteiger partial charge in [-0.1, -0.05) is 54.6 Å². The third-order valence-electron chi connectivity index (χ3n) is 4.45. The standard InChI is InChI=1S/C23H24N2O2/c1-17(23(26)25-21-9-5-8-19(14-21)15-24)20-10-12-22(13-11-20)27-16-18-6-3-2-4-7-18/h2-14,17H,15-16,24H2,1H3,(H,25,26)/t17-/m1/s1. The van der Waals surface area contributed by atoms with Crippen molar-refractivity contribution < 1.29 is 9.53 Å². The number of anilines is 1. The maximum absolute atomic E-state index is 12.5. The minimum absolute atomic E-state index is 0.0536. The molecule has 0 unspecified atom stereocenters. The number of ether oxygens (including phenoxy) is 1. The number of carbonyl (C=O) groups is 1. The summed E-state index contributed by atoms with van der Waals surface area (Å²) in [4.78, 5) is 12.5. The van der Waals surface area contributed by atoms with Crippen molar-refractivity contribution in [2.75, 3.05) is 5.32 Å². The summed E-state index contributed by atoms with van der Waals surface area (Å²) in [7, 11) is 0. The molecule has 0 heterocycles. The van der Waals surface area contributed by atoms with E-state index in [0.717, 1.165) is 28.1 Å². The molecule has 138 valence electrons. The Bertz CT molecular complexity index is 876. The molecule has 3 rings (SSSR count). The van der Waals surface area contributed by atoms with Gasteiger partial charge >= 0.3 is 0 Å². The Balaban J connectivity index is 1.59. The van der Waals surface area contributed by atoms with Crippen LogP contribution >= 0.6 is 0 Å². The SMILES string of the molecule is C[C@@H](C(=O)Nc1cccc(CN)c1)c1ccc(OCc2ccccc2)cc1. The molecule has 3 aromatic rings. The fraction of sp³-hybridized carbons (Fsp3) is 0.174. The number of hydrogen-bond donors (Lipinski definition) is 2. The first kappa shape index (κ1) is 18.7. The van der Waals surface area contributed by atoms with Crippen molar-refractivity contribution in [1.29, 1.82) is 0 Å². The highest BCUT2D eigenvalue weighted by atomic mass is 16.5. The van der Waals surface area contributed by atoms with Gasteiger partial charge in [0, 0.05) is 12.2 Å². The van der Waals surface area contributed by atoms with Crippen LogP contribution in [0.3, 0.4) is 0 Å². The Hall–Kier alpha value is -3.11. The van der Waals surface area contributed by atoms with Crippen LogP contribution in [0.2, 0.25) is 0 Å². The lowest BCUT2D eigenvalue weighted by atomic mass is 10.00. The van der Waals surface area contributed by atoms with Crippen molar-refractivity contribution in [1.82, 2.24) is 0 Å². The van der Waals surface area contributed by atoms with Gasteiger partial charge in [-0.25, -0.2) is 0 Å². The smallest absolute Gasteiger partial charge is 0.231 e. The highest BCUT2D eigenvalue weighted by molar-refractivity contribution is 5.95. The van der Waals surface area contributed by atoms with Crippen LogP contribution in [0, 0.1) is 0 Å². The number of amides is 1. The number of benzene rings is 3. The fourth-order valence-electron chi connectivity index (χ4n) is 2.77. The minimum Gasteiger partial charge on any atom is -0.489 e. The van der Waals surface area contributed by atoms with Gasteiger partial charge in [0.2, 0.25) is 5.91 Å². The number of carbonyl (C=O) groups excluding carboxylic acids is 1. The number of nitrogens with one attached hydrogen (secondary N) is 1. The molecule has 0 saturated heterocycles. The highest BCUT2D eigenvalue weighted by Gasteiger charge is 2.15. The molecular formula is C23H24N2O2. The monoisotopic (exact) mass is 360 g/mol. The molecule has 0 bridgehead atoms. The quantitative estimate of drug-likeness (QED) is 0.653. The number of nitrogens with two attached hydrogens (primary N) is 1. The van der Waals surface area contributed by atoms with E-state index in [0.29, 0.717) is 13.2 Å². The van der Waals surface area contributed by atoms with Crippen molar-refractivity contribution in [2.24, 2.45) is 5.73 Å². The third kappa shape index (κ3) is 5.19. The first-order chi connectivity index (χ1) is 13.2. The summed E-state index contributed by atoms with van der Waals surface area (Å²) in [5.74, 6) is 0.461. The van der Waals surface area contributed by atoms with Gasteiger partial charge in [-0.05, 0) is 47.9 Å². The van der Waals surface area contributed by atoms with Crippen molar-refractivity contribution >= 4 is 11.6 Å². The Morgan fingerprint density at radius 2 is 1.67 bits per heavy atom. The molecule has 0 aliphatic rings. The highest BCUT2D eigenvalue weighted by Crippen LogP contribution is 2.22. The van der Waals surface area contributed by atoms with Gasteiger partial charge in [0.25, 0.3) is 0 Å². The van der Waals surface area contributed by atoms with Crippen molar-refractivity contribution in [3.8, 4) is 5.75 Å². The van der Waals surface area contributed by atoms with Gasteiger partial charge in [-0.3, -0.25) is 4.79 Å². The van der Waals surface area contributed by atoms with Gasteiger partial charge in [-0.15, -0.1) is 0 Å². The molecule has 3 aromatic carbocycles. The molecule has 0 aliphatic carbocycles. The summed E-state index contributed by atoms with van der Waals surface area (Å²) in [6, 6.07) is 25.3. The van der Waals surface area contributed by atoms with Crippen LogP contribution in [-0.4, -0.2) is 5.91 Å². The Morgan fingerprint density at radius 3 is 2.37 bits per heavy atom. The Kier molecular flexibility index (Phi) is 6.23. The predicted octanol–water partition coefficient (Wildman–Crippen LogP) is 4.47. The largest absolute Gasteiger partial charge is 0.489 e. The third-order valence-corrected chi connectivity index (χ3v) is 4.45. The van der Waals surface area contributed by atoms with Gasteiger partial charge in [0.1, 0.15) is 12.4 Å². The zero-order valence-corrected chi connectivity index (χ0v) is 15.4. The lowest BCUT2D eigenvalue weighted by Gasteiger charge is -2.14. The first-order valence-electron chi connectivity index (χ1n) is 9.02. The molecule has 0 aliphatic heterocycles. The summed E-state index contributed by atoms with van der Waals surface area (Å²) in [5, 5.41) is 2.95. The number of hydrogen-bond acceptors (Lipinski definition) is 3. The second kappa shape index (κ2) is 9.01. The zero-order valence-electron chi connectivity index (χ0n) is 15.4. The summed E-state index contributed by atoms with van der Waals surface area (Å²) in [6.45, 7) is 2.86. The van der Waals surface area contributed by atoms with Crippen LogP contribution in [0.15, 0.2) is 78.9 Å². The van der Waals surface area contributed by atoms with E-state index in [1.807, 2.05) is 85.8 Å². The summed E-state index contributed by atoms with van der Waals surface area (Å²) in [5.41, 5.74) is 9.46. The molecule has 0 saturated carbocycles. The van der Waals surface area contributed by atoms with Gasteiger partial charge < -0.3 is 15.8 Å². The van der Waals surface area contributed by atoms with E-state index in [9.17, 15) is 4.79 Å². The van der Waals surface area contributed by atoms with Gasteiger partial charge in [0.15, 0.2) is 0 Å². The van der Waals surface area contributed by atoms with E-state index >= 15 is 0 Å². The summed E-state index contributed by atoms with van der Waals surface area (Å²) in [6.07, 6.45) is 0. The van der Waals surface area contributed by atoms with E-state index in [-0.39, 0.29) is 11.8 Å². The van der Waals surface area contributed by atoms with Crippen LogP contribution in [0.1, 0.15) is 29.5 Å². The van der Waals surface area contributed by atoms with Gasteiger partial charge in [-0.2, -0.15) is 0 Å². The fourth-order valence-corrected chi connectivity index (χ4v) is 2.77. The van der Waals surface area contributed by atoms with Gasteiger partial charge in [0.05, 0.1) is 5.92 Å². The molecule has 27 heavy (non-hydrogen) atoms. The Labute approximate surface area is 160 Å². The van der Waals surface area contributed by atoms with Crippen LogP contribution in [0.25, 0.3) is 0 Å². The molecule has 0 fully saturated rings. The maximum atomic E-state index is 12.5. The average molecular weight is 360 g/mol.